The molecule has 1 atom stereocenters. The number of para-hydroxylation sites is 1. The van der Waals surface area contributed by atoms with Crippen LogP contribution in [0.3, 0.4) is 0 Å². The maximum atomic E-state index is 12.5. The molecule has 1 aromatic heterocycles. The number of aromatic nitrogens is 1. The van der Waals surface area contributed by atoms with Crippen molar-refractivity contribution in [1.82, 2.24) is 4.57 Å². The van der Waals surface area contributed by atoms with Crippen molar-refractivity contribution >= 4 is 22.7 Å². The molecule has 0 saturated carbocycles. The SMILES string of the molecule is C[C@H](OC(=O)c1cn(C)c2ccccc12)C(=O)c1ccc(OC(F)F)cc1. The van der Waals surface area contributed by atoms with Crippen LogP contribution in [0.1, 0.15) is 27.6 Å². The summed E-state index contributed by atoms with van der Waals surface area (Å²) in [5.41, 5.74) is 1.47. The summed E-state index contributed by atoms with van der Waals surface area (Å²) >= 11 is 0. The zero-order chi connectivity index (χ0) is 19.6. The predicted molar refractivity (Wildman–Crippen MR) is 95.2 cm³/mol. The van der Waals surface area contributed by atoms with Crippen molar-refractivity contribution in [2.24, 2.45) is 7.05 Å². The zero-order valence-electron chi connectivity index (χ0n) is 14.7. The largest absolute Gasteiger partial charge is 0.451 e. The number of hydrogen-bond acceptors (Lipinski definition) is 4. The van der Waals surface area contributed by atoms with Crippen LogP contribution in [0, 0.1) is 0 Å². The fraction of sp³-hybridized carbons (Fsp3) is 0.200. The molecule has 140 valence electrons. The number of carbonyl (C=O) groups is 2. The average molecular weight is 373 g/mol. The highest BCUT2D eigenvalue weighted by Crippen LogP contribution is 2.22. The molecule has 0 aliphatic heterocycles. The van der Waals surface area contributed by atoms with Gasteiger partial charge in [-0.25, -0.2) is 4.79 Å². The molecule has 0 N–H and O–H groups in total. The molecule has 0 amide bonds. The van der Waals surface area contributed by atoms with Crippen LogP contribution >= 0.6 is 0 Å². The summed E-state index contributed by atoms with van der Waals surface area (Å²) in [6.07, 6.45) is 0.624. The fourth-order valence-corrected chi connectivity index (χ4v) is 2.82. The van der Waals surface area contributed by atoms with E-state index in [1.165, 1.54) is 31.2 Å². The van der Waals surface area contributed by atoms with Crippen LogP contribution in [-0.4, -0.2) is 29.0 Å². The topological polar surface area (TPSA) is 57.5 Å². The molecular weight excluding hydrogens is 356 g/mol. The van der Waals surface area contributed by atoms with Crippen LogP contribution < -0.4 is 4.74 Å². The van der Waals surface area contributed by atoms with Crippen LogP contribution in [0.15, 0.2) is 54.7 Å². The second-order valence-corrected chi connectivity index (χ2v) is 5.99. The normalized spacial score (nSPS) is 12.2. The maximum absolute atomic E-state index is 12.5. The lowest BCUT2D eigenvalue weighted by Gasteiger charge is -2.12. The Kier molecular flexibility index (Phi) is 5.21. The Morgan fingerprint density at radius 1 is 1.04 bits per heavy atom. The molecule has 0 bridgehead atoms. The van der Waals surface area contributed by atoms with Crippen molar-refractivity contribution in [1.29, 1.82) is 0 Å². The standard InChI is InChI=1S/C20H17F2NO4/c1-12(18(24)13-7-9-14(10-8-13)27-20(21)22)26-19(25)16-11-23(2)17-6-4-3-5-15(16)17/h3-12,20H,1-2H3/t12-/m0/s1. The Balaban J connectivity index is 1.73. The van der Waals surface area contributed by atoms with Crippen LogP contribution in [0.2, 0.25) is 0 Å². The minimum Gasteiger partial charge on any atom is -0.451 e. The molecular formula is C20H17F2NO4. The number of esters is 1. The highest BCUT2D eigenvalue weighted by Gasteiger charge is 2.23. The van der Waals surface area contributed by atoms with Gasteiger partial charge in [0.2, 0.25) is 5.78 Å². The quantitative estimate of drug-likeness (QED) is 0.480. The molecule has 0 fully saturated rings. The van der Waals surface area contributed by atoms with Crippen molar-refractivity contribution in [3.05, 3.63) is 65.9 Å². The molecule has 0 aliphatic rings. The zero-order valence-corrected chi connectivity index (χ0v) is 14.7. The number of Topliss-reactive ketones (excluding diaryl/α,β-unsaturated/α-hetero) is 1. The highest BCUT2D eigenvalue weighted by atomic mass is 19.3. The third kappa shape index (κ3) is 3.97. The van der Waals surface area contributed by atoms with Gasteiger partial charge in [0.1, 0.15) is 5.75 Å². The number of nitrogens with zero attached hydrogens (tertiary/aromatic N) is 1. The number of rotatable bonds is 6. The van der Waals surface area contributed by atoms with Gasteiger partial charge in [-0.2, -0.15) is 8.78 Å². The van der Waals surface area contributed by atoms with Crippen LogP contribution in [0.4, 0.5) is 8.78 Å². The van der Waals surface area contributed by atoms with Crippen molar-refractivity contribution < 1.29 is 27.8 Å². The van der Waals surface area contributed by atoms with E-state index in [-0.39, 0.29) is 11.3 Å². The highest BCUT2D eigenvalue weighted by molar-refractivity contribution is 6.06. The van der Waals surface area contributed by atoms with Gasteiger partial charge in [0.15, 0.2) is 6.10 Å². The number of carbonyl (C=O) groups excluding carboxylic acids is 2. The van der Waals surface area contributed by atoms with E-state index >= 15 is 0 Å². The van der Waals surface area contributed by atoms with Gasteiger partial charge in [0.05, 0.1) is 5.56 Å². The molecule has 2 aromatic carbocycles. The molecule has 5 nitrogen and oxygen atoms in total. The Morgan fingerprint density at radius 2 is 1.70 bits per heavy atom. The van der Waals surface area contributed by atoms with Crippen molar-refractivity contribution in [2.75, 3.05) is 0 Å². The summed E-state index contributed by atoms with van der Waals surface area (Å²) in [4.78, 5) is 24.9. The Bertz CT molecular complexity index is 979. The minimum absolute atomic E-state index is 0.0537. The lowest BCUT2D eigenvalue weighted by molar-refractivity contribution is -0.0498. The van der Waals surface area contributed by atoms with Gasteiger partial charge < -0.3 is 14.0 Å². The van der Waals surface area contributed by atoms with E-state index < -0.39 is 24.5 Å². The van der Waals surface area contributed by atoms with Gasteiger partial charge in [0.25, 0.3) is 0 Å². The Labute approximate surface area is 154 Å². The van der Waals surface area contributed by atoms with Crippen LogP contribution in [-0.2, 0) is 11.8 Å². The monoisotopic (exact) mass is 373 g/mol. The van der Waals surface area contributed by atoms with E-state index in [4.69, 9.17) is 4.74 Å². The molecule has 0 radical (unpaired) electrons. The molecule has 1 heterocycles. The number of hydrogen-bond donors (Lipinski definition) is 0. The fourth-order valence-electron chi connectivity index (χ4n) is 2.82. The number of benzene rings is 2. The number of alkyl halides is 2. The smallest absolute Gasteiger partial charge is 0.387 e. The summed E-state index contributed by atoms with van der Waals surface area (Å²) in [5, 5.41) is 0.734. The Morgan fingerprint density at radius 3 is 2.37 bits per heavy atom. The number of ether oxygens (including phenoxy) is 2. The van der Waals surface area contributed by atoms with E-state index in [2.05, 4.69) is 4.74 Å². The average Bonchev–Trinajstić information content (AvgIpc) is 2.98. The Hall–Kier alpha value is -3.22. The molecule has 3 aromatic rings. The van der Waals surface area contributed by atoms with E-state index in [0.29, 0.717) is 5.56 Å². The number of fused-ring (bicyclic) bond motifs is 1. The third-order valence-corrected chi connectivity index (χ3v) is 4.13. The van der Waals surface area contributed by atoms with Gasteiger partial charge in [-0.15, -0.1) is 0 Å². The molecule has 0 spiro atoms. The predicted octanol–water partition coefficient (Wildman–Crippen LogP) is 4.21. The summed E-state index contributed by atoms with van der Waals surface area (Å²) in [6, 6.07) is 12.6. The van der Waals surface area contributed by atoms with Gasteiger partial charge in [0, 0.05) is 29.7 Å². The molecule has 0 saturated heterocycles. The van der Waals surface area contributed by atoms with Crippen molar-refractivity contribution in [2.45, 2.75) is 19.6 Å². The first kappa shape index (κ1) is 18.6. The van der Waals surface area contributed by atoms with Gasteiger partial charge in [-0.1, -0.05) is 18.2 Å². The molecule has 0 unspecified atom stereocenters. The third-order valence-electron chi connectivity index (χ3n) is 4.13. The van der Waals surface area contributed by atoms with E-state index in [1.54, 1.807) is 16.8 Å². The van der Waals surface area contributed by atoms with Crippen LogP contribution in [0.25, 0.3) is 10.9 Å². The second-order valence-electron chi connectivity index (χ2n) is 5.99. The first-order chi connectivity index (χ1) is 12.9. The number of aryl methyl sites for hydroxylation is 1. The van der Waals surface area contributed by atoms with Crippen molar-refractivity contribution in [3.63, 3.8) is 0 Å². The molecule has 3 rings (SSSR count). The van der Waals surface area contributed by atoms with E-state index in [0.717, 1.165) is 10.9 Å². The molecule has 7 heteroatoms. The minimum atomic E-state index is -2.94. The van der Waals surface area contributed by atoms with Gasteiger partial charge in [-0.05, 0) is 37.3 Å². The number of halogens is 2. The summed E-state index contributed by atoms with van der Waals surface area (Å²) in [7, 11) is 1.82. The summed E-state index contributed by atoms with van der Waals surface area (Å²) in [5.74, 6) is -1.10. The first-order valence-corrected chi connectivity index (χ1v) is 8.21. The lowest BCUT2D eigenvalue weighted by atomic mass is 10.1. The van der Waals surface area contributed by atoms with Gasteiger partial charge in [-0.3, -0.25) is 4.79 Å². The summed E-state index contributed by atoms with van der Waals surface area (Å²) < 4.78 is 35.7. The van der Waals surface area contributed by atoms with Crippen molar-refractivity contribution in [3.8, 4) is 5.75 Å². The second kappa shape index (κ2) is 7.57. The van der Waals surface area contributed by atoms with E-state index in [9.17, 15) is 18.4 Å². The summed E-state index contributed by atoms with van der Waals surface area (Å²) in [6.45, 7) is -1.47. The molecule has 27 heavy (non-hydrogen) atoms. The van der Waals surface area contributed by atoms with Gasteiger partial charge >= 0.3 is 12.6 Å². The first-order valence-electron chi connectivity index (χ1n) is 8.21. The molecule has 0 aliphatic carbocycles. The maximum Gasteiger partial charge on any atom is 0.387 e. The van der Waals surface area contributed by atoms with E-state index in [1.807, 2.05) is 25.2 Å². The van der Waals surface area contributed by atoms with Crippen LogP contribution in [0.5, 0.6) is 5.75 Å². The number of ketones is 1. The lowest BCUT2D eigenvalue weighted by Crippen LogP contribution is -2.24.